The second kappa shape index (κ2) is 8.14. The molecule has 21 heavy (non-hydrogen) atoms. The Balaban J connectivity index is 2.13. The molecule has 0 amide bonds. The first-order valence-electron chi connectivity index (χ1n) is 8.67. The number of hydrogen-bond donors (Lipinski definition) is 1. The quantitative estimate of drug-likeness (QED) is 0.772. The van der Waals surface area contributed by atoms with Gasteiger partial charge in [-0.05, 0) is 45.1 Å². The number of aromatic nitrogens is 1. The van der Waals surface area contributed by atoms with E-state index in [1.165, 1.54) is 41.4 Å². The van der Waals surface area contributed by atoms with Crippen LogP contribution in [0.5, 0.6) is 0 Å². The molecule has 1 heterocycles. The first kappa shape index (κ1) is 16.8. The summed E-state index contributed by atoms with van der Waals surface area (Å²) in [4.78, 5) is 8.95. The fraction of sp³-hybridized carbons (Fsp3) is 0.824. The Morgan fingerprint density at radius 1 is 1.38 bits per heavy atom. The molecular formula is C17H31N3S. The lowest BCUT2D eigenvalue weighted by Gasteiger charge is -2.23. The Bertz CT molecular complexity index is 430. The van der Waals surface area contributed by atoms with Crippen LogP contribution < -0.4 is 10.2 Å². The standard InChI is InChI=1S/C17H31N3S/c1-5-11-18-14-9-8-10-15-16(14)21-17(19-15)20(7-3)12-13(4)6-2/h13-14,18H,5-12H2,1-4H3. The largest absolute Gasteiger partial charge is 0.348 e. The maximum absolute atomic E-state index is 4.97. The number of rotatable bonds is 8. The smallest absolute Gasteiger partial charge is 0.185 e. The molecule has 2 atom stereocenters. The van der Waals surface area contributed by atoms with Crippen LogP contribution in [0, 0.1) is 5.92 Å². The second-order valence-corrected chi connectivity index (χ2v) is 7.27. The molecule has 120 valence electrons. The topological polar surface area (TPSA) is 28.2 Å². The van der Waals surface area contributed by atoms with Crippen molar-refractivity contribution >= 4 is 16.5 Å². The highest BCUT2D eigenvalue weighted by atomic mass is 32.1. The van der Waals surface area contributed by atoms with Gasteiger partial charge in [0, 0.05) is 24.0 Å². The van der Waals surface area contributed by atoms with Crippen molar-refractivity contribution in [2.75, 3.05) is 24.5 Å². The summed E-state index contributed by atoms with van der Waals surface area (Å²) in [6, 6.07) is 0.544. The molecule has 0 fully saturated rings. The zero-order valence-electron chi connectivity index (χ0n) is 14.1. The summed E-state index contributed by atoms with van der Waals surface area (Å²) in [6.07, 6.45) is 6.15. The third-order valence-corrected chi connectivity index (χ3v) is 5.73. The number of hydrogen-bond acceptors (Lipinski definition) is 4. The van der Waals surface area contributed by atoms with Crippen LogP contribution in [0.3, 0.4) is 0 Å². The monoisotopic (exact) mass is 309 g/mol. The zero-order valence-corrected chi connectivity index (χ0v) is 14.9. The van der Waals surface area contributed by atoms with E-state index >= 15 is 0 Å². The van der Waals surface area contributed by atoms with Gasteiger partial charge in [-0.3, -0.25) is 0 Å². The van der Waals surface area contributed by atoms with Crippen LogP contribution in [-0.4, -0.2) is 24.6 Å². The van der Waals surface area contributed by atoms with E-state index in [4.69, 9.17) is 4.98 Å². The second-order valence-electron chi connectivity index (χ2n) is 6.26. The summed E-state index contributed by atoms with van der Waals surface area (Å²) < 4.78 is 0. The lowest BCUT2D eigenvalue weighted by Crippen LogP contribution is -2.27. The van der Waals surface area contributed by atoms with E-state index in [1.54, 1.807) is 0 Å². The maximum atomic E-state index is 4.97. The van der Waals surface area contributed by atoms with Crippen molar-refractivity contribution in [1.29, 1.82) is 0 Å². The molecule has 3 nitrogen and oxygen atoms in total. The summed E-state index contributed by atoms with van der Waals surface area (Å²) in [5.74, 6) is 0.736. The predicted molar refractivity (Wildman–Crippen MR) is 93.4 cm³/mol. The van der Waals surface area contributed by atoms with E-state index in [0.29, 0.717) is 6.04 Å². The molecule has 1 aromatic heterocycles. The molecule has 0 aliphatic heterocycles. The number of fused-ring (bicyclic) bond motifs is 1. The number of thiazole rings is 1. The fourth-order valence-corrected chi connectivity index (χ4v) is 4.20. The minimum absolute atomic E-state index is 0.544. The Kier molecular flexibility index (Phi) is 6.49. The Hall–Kier alpha value is -0.610. The van der Waals surface area contributed by atoms with Crippen LogP contribution in [0.1, 0.15) is 70.0 Å². The van der Waals surface area contributed by atoms with Crippen molar-refractivity contribution in [2.45, 2.75) is 65.8 Å². The Labute approximate surface area is 134 Å². The third-order valence-electron chi connectivity index (χ3n) is 4.46. The average molecular weight is 310 g/mol. The first-order chi connectivity index (χ1) is 10.2. The van der Waals surface area contributed by atoms with Crippen LogP contribution in [0.15, 0.2) is 0 Å². The van der Waals surface area contributed by atoms with Gasteiger partial charge in [0.1, 0.15) is 0 Å². The lowest BCUT2D eigenvalue weighted by atomic mass is 9.98. The molecule has 1 N–H and O–H groups in total. The SMILES string of the molecule is CCCNC1CCCc2nc(N(CC)CC(C)CC)sc21. The van der Waals surface area contributed by atoms with Crippen molar-refractivity contribution in [3.05, 3.63) is 10.6 Å². The van der Waals surface area contributed by atoms with Gasteiger partial charge in [0.2, 0.25) is 0 Å². The van der Waals surface area contributed by atoms with Crippen LogP contribution in [0.25, 0.3) is 0 Å². The summed E-state index contributed by atoms with van der Waals surface area (Å²) in [5, 5.41) is 4.95. The molecule has 1 aliphatic rings. The molecule has 0 spiro atoms. The number of aryl methyl sites for hydroxylation is 1. The van der Waals surface area contributed by atoms with Gasteiger partial charge in [-0.1, -0.05) is 38.5 Å². The Morgan fingerprint density at radius 3 is 2.86 bits per heavy atom. The third kappa shape index (κ3) is 4.19. The normalized spacial score (nSPS) is 19.3. The zero-order chi connectivity index (χ0) is 15.2. The van der Waals surface area contributed by atoms with E-state index < -0.39 is 0 Å². The molecule has 1 aliphatic carbocycles. The van der Waals surface area contributed by atoms with Crippen molar-refractivity contribution in [2.24, 2.45) is 5.92 Å². The number of nitrogens with zero attached hydrogens (tertiary/aromatic N) is 2. The van der Waals surface area contributed by atoms with Crippen LogP contribution >= 0.6 is 11.3 Å². The van der Waals surface area contributed by atoms with E-state index in [2.05, 4.69) is 37.9 Å². The minimum atomic E-state index is 0.544. The van der Waals surface area contributed by atoms with Gasteiger partial charge in [0.25, 0.3) is 0 Å². The molecule has 0 saturated carbocycles. The van der Waals surface area contributed by atoms with Crippen molar-refractivity contribution in [3.8, 4) is 0 Å². The van der Waals surface area contributed by atoms with Gasteiger partial charge in [-0.15, -0.1) is 0 Å². The van der Waals surface area contributed by atoms with Gasteiger partial charge in [0.15, 0.2) is 5.13 Å². The van der Waals surface area contributed by atoms with Gasteiger partial charge in [-0.2, -0.15) is 0 Å². The maximum Gasteiger partial charge on any atom is 0.185 e. The van der Waals surface area contributed by atoms with Crippen molar-refractivity contribution in [3.63, 3.8) is 0 Å². The average Bonchev–Trinajstić information content (AvgIpc) is 2.94. The summed E-state index contributed by atoms with van der Waals surface area (Å²) in [6.45, 7) is 12.4. The van der Waals surface area contributed by atoms with Crippen LogP contribution in [0.4, 0.5) is 5.13 Å². The molecule has 2 unspecified atom stereocenters. The summed E-state index contributed by atoms with van der Waals surface area (Å²) >= 11 is 1.93. The lowest BCUT2D eigenvalue weighted by molar-refractivity contribution is 0.464. The fourth-order valence-electron chi connectivity index (χ4n) is 2.90. The van der Waals surface area contributed by atoms with Gasteiger partial charge in [0.05, 0.1) is 5.69 Å². The van der Waals surface area contributed by atoms with Gasteiger partial charge in [-0.25, -0.2) is 4.98 Å². The molecule has 0 aromatic carbocycles. The molecule has 0 saturated heterocycles. The van der Waals surface area contributed by atoms with Crippen molar-refractivity contribution < 1.29 is 0 Å². The van der Waals surface area contributed by atoms with E-state index in [0.717, 1.165) is 32.0 Å². The molecule has 0 bridgehead atoms. The molecule has 0 radical (unpaired) electrons. The van der Waals surface area contributed by atoms with E-state index in [-0.39, 0.29) is 0 Å². The van der Waals surface area contributed by atoms with Crippen LogP contribution in [0.2, 0.25) is 0 Å². The van der Waals surface area contributed by atoms with Crippen molar-refractivity contribution in [1.82, 2.24) is 10.3 Å². The molecule has 1 aromatic rings. The molecule has 4 heteroatoms. The summed E-state index contributed by atoms with van der Waals surface area (Å²) in [7, 11) is 0. The highest BCUT2D eigenvalue weighted by Gasteiger charge is 2.25. The van der Waals surface area contributed by atoms with E-state index in [1.807, 2.05) is 11.3 Å². The highest BCUT2D eigenvalue weighted by Crippen LogP contribution is 2.37. The minimum Gasteiger partial charge on any atom is -0.348 e. The number of nitrogens with one attached hydrogen (secondary N) is 1. The first-order valence-corrected chi connectivity index (χ1v) is 9.49. The van der Waals surface area contributed by atoms with Crippen LogP contribution in [-0.2, 0) is 6.42 Å². The number of anilines is 1. The van der Waals surface area contributed by atoms with Gasteiger partial charge >= 0.3 is 0 Å². The van der Waals surface area contributed by atoms with E-state index in [9.17, 15) is 0 Å². The molecule has 2 rings (SSSR count). The highest BCUT2D eigenvalue weighted by molar-refractivity contribution is 7.15. The predicted octanol–water partition coefficient (Wildman–Crippen LogP) is 4.39. The summed E-state index contributed by atoms with van der Waals surface area (Å²) in [5.41, 5.74) is 1.36. The Morgan fingerprint density at radius 2 is 2.19 bits per heavy atom. The van der Waals surface area contributed by atoms with Gasteiger partial charge < -0.3 is 10.2 Å². The molecular weight excluding hydrogens is 278 g/mol.